The van der Waals surface area contributed by atoms with Crippen molar-refractivity contribution in [2.24, 2.45) is 0 Å². The molecule has 0 spiro atoms. The summed E-state index contributed by atoms with van der Waals surface area (Å²) >= 11 is 0. The molecule has 3 rings (SSSR count). The van der Waals surface area contributed by atoms with Crippen LogP contribution in [0.4, 0.5) is 5.82 Å². The van der Waals surface area contributed by atoms with Crippen molar-refractivity contribution >= 4 is 5.82 Å². The van der Waals surface area contributed by atoms with E-state index in [0.717, 1.165) is 18.1 Å². The van der Waals surface area contributed by atoms with Crippen molar-refractivity contribution in [1.29, 1.82) is 0 Å². The van der Waals surface area contributed by atoms with Gasteiger partial charge in [0.05, 0.1) is 24.9 Å². The van der Waals surface area contributed by atoms with Crippen LogP contribution in [0.5, 0.6) is 0 Å². The third-order valence-corrected chi connectivity index (χ3v) is 3.88. The number of hydrogen-bond donors (Lipinski definition) is 0. The van der Waals surface area contributed by atoms with Gasteiger partial charge in [-0.3, -0.25) is 0 Å². The van der Waals surface area contributed by atoms with E-state index in [1.54, 1.807) is 7.11 Å². The van der Waals surface area contributed by atoms with Crippen molar-refractivity contribution in [3.8, 4) is 0 Å². The zero-order valence-electron chi connectivity index (χ0n) is 13.1. The van der Waals surface area contributed by atoms with Crippen molar-refractivity contribution in [2.45, 2.75) is 45.1 Å². The zero-order valence-corrected chi connectivity index (χ0v) is 13.1. The molecule has 116 valence electrons. The highest BCUT2D eigenvalue weighted by atomic mass is 16.6. The first kappa shape index (κ1) is 14.7. The third-order valence-electron chi connectivity index (χ3n) is 3.88. The summed E-state index contributed by atoms with van der Waals surface area (Å²) in [7, 11) is 1.66. The standard InChI is InChI=1S/C15H23N3O3/c1-10-5-14(17-13(16-10)8-19-4)18-9-15(2,3)21-12-7-20-6-11(12)18/h5,11-12H,6-9H2,1-4H3/t11-,12-/m1/s1. The van der Waals surface area contributed by atoms with E-state index >= 15 is 0 Å². The Labute approximate surface area is 125 Å². The molecule has 0 radical (unpaired) electrons. The maximum absolute atomic E-state index is 6.12. The summed E-state index contributed by atoms with van der Waals surface area (Å²) in [5.41, 5.74) is 0.738. The Kier molecular flexibility index (Phi) is 3.86. The topological polar surface area (TPSA) is 56.7 Å². The molecule has 0 N–H and O–H groups in total. The van der Waals surface area contributed by atoms with Crippen molar-refractivity contribution in [2.75, 3.05) is 31.8 Å². The molecule has 6 nitrogen and oxygen atoms in total. The van der Waals surface area contributed by atoms with E-state index in [9.17, 15) is 0 Å². The molecule has 0 unspecified atom stereocenters. The minimum absolute atomic E-state index is 0.106. The van der Waals surface area contributed by atoms with Crippen molar-refractivity contribution in [1.82, 2.24) is 9.97 Å². The minimum Gasteiger partial charge on any atom is -0.377 e. The van der Waals surface area contributed by atoms with Gasteiger partial charge in [0, 0.05) is 25.4 Å². The highest BCUT2D eigenvalue weighted by Crippen LogP contribution is 2.32. The maximum Gasteiger partial charge on any atom is 0.156 e. The Morgan fingerprint density at radius 2 is 2.19 bits per heavy atom. The first-order valence-corrected chi connectivity index (χ1v) is 7.34. The second-order valence-corrected chi connectivity index (χ2v) is 6.37. The van der Waals surface area contributed by atoms with E-state index in [2.05, 4.69) is 28.7 Å². The highest BCUT2D eigenvalue weighted by molar-refractivity contribution is 5.43. The molecule has 0 bridgehead atoms. The minimum atomic E-state index is -0.213. The number of ether oxygens (including phenoxy) is 3. The zero-order chi connectivity index (χ0) is 15.0. The first-order valence-electron chi connectivity index (χ1n) is 7.34. The van der Waals surface area contributed by atoms with Crippen LogP contribution in [0.2, 0.25) is 0 Å². The molecule has 2 aliphatic rings. The van der Waals surface area contributed by atoms with Crippen LogP contribution in [0.25, 0.3) is 0 Å². The lowest BCUT2D eigenvalue weighted by molar-refractivity contribution is -0.0925. The number of aromatic nitrogens is 2. The van der Waals surface area contributed by atoms with Crippen molar-refractivity contribution in [3.63, 3.8) is 0 Å². The predicted octanol–water partition coefficient (Wildman–Crippen LogP) is 1.31. The SMILES string of the molecule is COCc1nc(C)cc(N2CC(C)(C)O[C@@H]3COC[C@H]32)n1. The lowest BCUT2D eigenvalue weighted by Crippen LogP contribution is -2.58. The molecule has 3 heterocycles. The van der Waals surface area contributed by atoms with Crippen molar-refractivity contribution in [3.05, 3.63) is 17.6 Å². The number of rotatable bonds is 3. The van der Waals surface area contributed by atoms with Gasteiger partial charge in [0.25, 0.3) is 0 Å². The molecule has 6 heteroatoms. The molecular weight excluding hydrogens is 270 g/mol. The van der Waals surface area contributed by atoms with Gasteiger partial charge in [-0.2, -0.15) is 0 Å². The summed E-state index contributed by atoms with van der Waals surface area (Å²) < 4.78 is 16.9. The van der Waals surface area contributed by atoms with Gasteiger partial charge in [-0.25, -0.2) is 9.97 Å². The second-order valence-electron chi connectivity index (χ2n) is 6.37. The Hall–Kier alpha value is -1.24. The fraction of sp³-hybridized carbons (Fsp3) is 0.733. The number of nitrogens with zero attached hydrogens (tertiary/aromatic N) is 3. The number of anilines is 1. The van der Waals surface area contributed by atoms with Crippen LogP contribution in [0.15, 0.2) is 6.07 Å². The molecule has 2 aliphatic heterocycles. The van der Waals surface area contributed by atoms with Gasteiger partial charge in [0.15, 0.2) is 5.82 Å². The van der Waals surface area contributed by atoms with E-state index in [1.165, 1.54) is 0 Å². The lowest BCUT2D eigenvalue weighted by atomic mass is 10.0. The van der Waals surface area contributed by atoms with Crippen LogP contribution in [0.3, 0.4) is 0 Å². The first-order chi connectivity index (χ1) is 9.98. The van der Waals surface area contributed by atoms with Gasteiger partial charge in [-0.05, 0) is 20.8 Å². The molecular formula is C15H23N3O3. The Bertz CT molecular complexity index is 521. The van der Waals surface area contributed by atoms with Gasteiger partial charge >= 0.3 is 0 Å². The van der Waals surface area contributed by atoms with Crippen LogP contribution in [-0.4, -0.2) is 54.6 Å². The summed E-state index contributed by atoms with van der Waals surface area (Å²) in [4.78, 5) is 11.4. The maximum atomic E-state index is 6.12. The lowest BCUT2D eigenvalue weighted by Gasteiger charge is -2.45. The Morgan fingerprint density at radius 3 is 2.95 bits per heavy atom. The Balaban J connectivity index is 1.93. The fourth-order valence-electron chi connectivity index (χ4n) is 3.10. The monoisotopic (exact) mass is 293 g/mol. The van der Waals surface area contributed by atoms with Gasteiger partial charge in [-0.15, -0.1) is 0 Å². The van der Waals surface area contributed by atoms with E-state index in [1.807, 2.05) is 13.0 Å². The number of morpholine rings is 1. The molecule has 0 saturated carbocycles. The van der Waals surface area contributed by atoms with E-state index in [0.29, 0.717) is 25.6 Å². The van der Waals surface area contributed by atoms with Crippen LogP contribution >= 0.6 is 0 Å². The van der Waals surface area contributed by atoms with E-state index in [-0.39, 0.29) is 17.7 Å². The van der Waals surface area contributed by atoms with Crippen LogP contribution < -0.4 is 4.90 Å². The highest BCUT2D eigenvalue weighted by Gasteiger charge is 2.44. The number of aryl methyl sites for hydroxylation is 1. The smallest absolute Gasteiger partial charge is 0.156 e. The summed E-state index contributed by atoms with van der Waals surface area (Å²) in [5, 5.41) is 0. The summed E-state index contributed by atoms with van der Waals surface area (Å²) in [6, 6.07) is 2.25. The van der Waals surface area contributed by atoms with E-state index in [4.69, 9.17) is 14.2 Å². The van der Waals surface area contributed by atoms with Crippen LogP contribution in [-0.2, 0) is 20.8 Å². The Morgan fingerprint density at radius 1 is 1.38 bits per heavy atom. The van der Waals surface area contributed by atoms with Crippen LogP contribution in [0, 0.1) is 6.92 Å². The largest absolute Gasteiger partial charge is 0.377 e. The molecule has 2 saturated heterocycles. The molecule has 0 amide bonds. The quantitative estimate of drug-likeness (QED) is 0.837. The molecule has 2 fully saturated rings. The average Bonchev–Trinajstić information content (AvgIpc) is 2.84. The number of methoxy groups -OCH3 is 1. The van der Waals surface area contributed by atoms with Gasteiger partial charge in [0.1, 0.15) is 18.5 Å². The van der Waals surface area contributed by atoms with Gasteiger partial charge < -0.3 is 19.1 Å². The molecule has 1 aromatic heterocycles. The predicted molar refractivity (Wildman–Crippen MR) is 78.4 cm³/mol. The van der Waals surface area contributed by atoms with Crippen molar-refractivity contribution < 1.29 is 14.2 Å². The number of fused-ring (bicyclic) bond motifs is 1. The normalized spacial score (nSPS) is 27.7. The summed E-state index contributed by atoms with van der Waals surface area (Å²) in [6.07, 6.45) is 0.106. The van der Waals surface area contributed by atoms with E-state index < -0.39 is 0 Å². The molecule has 21 heavy (non-hydrogen) atoms. The molecule has 0 aliphatic carbocycles. The molecule has 1 aromatic rings. The van der Waals surface area contributed by atoms with Crippen LogP contribution in [0.1, 0.15) is 25.4 Å². The second kappa shape index (κ2) is 5.51. The number of hydrogen-bond acceptors (Lipinski definition) is 6. The van der Waals surface area contributed by atoms with Gasteiger partial charge in [-0.1, -0.05) is 0 Å². The summed E-state index contributed by atoms with van der Waals surface area (Å²) in [6.45, 7) is 8.76. The molecule has 0 aromatic carbocycles. The summed E-state index contributed by atoms with van der Waals surface area (Å²) in [5.74, 6) is 1.65. The van der Waals surface area contributed by atoms with Gasteiger partial charge in [0.2, 0.25) is 0 Å². The molecule has 2 atom stereocenters. The average molecular weight is 293 g/mol. The fourth-order valence-corrected chi connectivity index (χ4v) is 3.10. The third kappa shape index (κ3) is 3.02.